The molecule has 19 heavy (non-hydrogen) atoms. The molecule has 0 spiro atoms. The van der Waals surface area contributed by atoms with Crippen molar-refractivity contribution in [3.8, 4) is 5.75 Å². The first-order chi connectivity index (χ1) is 9.17. The molecule has 1 aromatic rings. The molecule has 0 fully saturated rings. The van der Waals surface area contributed by atoms with Crippen LogP contribution in [0.2, 0.25) is 0 Å². The van der Waals surface area contributed by atoms with E-state index in [0.29, 0.717) is 16.8 Å². The van der Waals surface area contributed by atoms with Crippen molar-refractivity contribution in [2.24, 2.45) is 0 Å². The highest BCUT2D eigenvalue weighted by Crippen LogP contribution is 2.21. The zero-order valence-corrected chi connectivity index (χ0v) is 13.2. The fourth-order valence-corrected chi connectivity index (χ4v) is 2.07. The number of hydrogen-bond acceptors (Lipinski definition) is 3. The second-order valence-electron chi connectivity index (χ2n) is 4.20. The number of nitrogens with one attached hydrogen (secondary N) is 1. The fourth-order valence-electron chi connectivity index (χ4n) is 1.71. The maximum absolute atomic E-state index is 13.0. The summed E-state index contributed by atoms with van der Waals surface area (Å²) in [5.41, 5.74) is 0. The molecular formula is C14H22BrFN2O. The summed E-state index contributed by atoms with van der Waals surface area (Å²) < 4.78 is 19.0. The number of hydrogen-bond donors (Lipinski definition) is 1. The highest BCUT2D eigenvalue weighted by atomic mass is 79.9. The standard InChI is InChI=1S/C14H22BrFN2O/c1-3-18(4-2)9-7-17-8-10-19-12-5-6-14(16)13(15)11-12/h5-6,11,17H,3-4,7-10H2,1-2H3. The Morgan fingerprint density at radius 1 is 1.26 bits per heavy atom. The summed E-state index contributed by atoms with van der Waals surface area (Å²) >= 11 is 3.14. The Bertz CT molecular complexity index is 372. The average Bonchev–Trinajstić information content (AvgIpc) is 2.42. The Kier molecular flexibility index (Phi) is 8.02. The second kappa shape index (κ2) is 9.28. The summed E-state index contributed by atoms with van der Waals surface area (Å²) in [4.78, 5) is 2.37. The largest absolute Gasteiger partial charge is 0.492 e. The zero-order chi connectivity index (χ0) is 14.1. The minimum atomic E-state index is -0.273. The Morgan fingerprint density at radius 3 is 2.63 bits per heavy atom. The van der Waals surface area contributed by atoms with Crippen LogP contribution in [0.25, 0.3) is 0 Å². The van der Waals surface area contributed by atoms with Crippen LogP contribution in [0.15, 0.2) is 22.7 Å². The van der Waals surface area contributed by atoms with E-state index in [-0.39, 0.29) is 5.82 Å². The van der Waals surface area contributed by atoms with Gasteiger partial charge in [-0.3, -0.25) is 0 Å². The molecule has 1 aromatic carbocycles. The summed E-state index contributed by atoms with van der Waals surface area (Å²) in [5.74, 6) is 0.406. The highest BCUT2D eigenvalue weighted by molar-refractivity contribution is 9.10. The smallest absolute Gasteiger partial charge is 0.137 e. The molecule has 0 heterocycles. The monoisotopic (exact) mass is 332 g/mol. The number of benzene rings is 1. The number of likely N-dealkylation sites (N-methyl/N-ethyl adjacent to an activating group) is 1. The van der Waals surface area contributed by atoms with Crippen molar-refractivity contribution in [3.63, 3.8) is 0 Å². The lowest BCUT2D eigenvalue weighted by atomic mass is 10.3. The van der Waals surface area contributed by atoms with Crippen LogP contribution in [-0.2, 0) is 0 Å². The van der Waals surface area contributed by atoms with Gasteiger partial charge in [0.05, 0.1) is 4.47 Å². The third kappa shape index (κ3) is 6.36. The van der Waals surface area contributed by atoms with Crippen molar-refractivity contribution in [3.05, 3.63) is 28.5 Å². The van der Waals surface area contributed by atoms with Crippen molar-refractivity contribution in [2.45, 2.75) is 13.8 Å². The molecule has 0 atom stereocenters. The Hall–Kier alpha value is -0.650. The van der Waals surface area contributed by atoms with E-state index in [1.807, 2.05) is 0 Å². The van der Waals surface area contributed by atoms with Crippen molar-refractivity contribution in [1.82, 2.24) is 10.2 Å². The molecule has 0 unspecified atom stereocenters. The van der Waals surface area contributed by atoms with Crippen LogP contribution in [0, 0.1) is 5.82 Å². The fraction of sp³-hybridized carbons (Fsp3) is 0.571. The van der Waals surface area contributed by atoms with Gasteiger partial charge in [0.2, 0.25) is 0 Å². The molecule has 0 amide bonds. The van der Waals surface area contributed by atoms with Gasteiger partial charge in [0, 0.05) is 19.6 Å². The first kappa shape index (κ1) is 16.4. The van der Waals surface area contributed by atoms with Gasteiger partial charge in [-0.1, -0.05) is 13.8 Å². The Labute approximate surface area is 123 Å². The molecule has 0 saturated heterocycles. The van der Waals surface area contributed by atoms with E-state index in [0.717, 1.165) is 32.7 Å². The lowest BCUT2D eigenvalue weighted by Gasteiger charge is -2.18. The van der Waals surface area contributed by atoms with Crippen molar-refractivity contribution in [1.29, 1.82) is 0 Å². The molecule has 1 rings (SSSR count). The molecule has 0 aliphatic rings. The molecule has 0 saturated carbocycles. The molecule has 0 bridgehead atoms. The number of halogens is 2. The predicted molar refractivity (Wildman–Crippen MR) is 80.3 cm³/mol. The molecule has 0 radical (unpaired) electrons. The maximum atomic E-state index is 13.0. The lowest BCUT2D eigenvalue weighted by Crippen LogP contribution is -2.33. The Balaban J connectivity index is 2.12. The topological polar surface area (TPSA) is 24.5 Å². The van der Waals surface area contributed by atoms with Gasteiger partial charge in [0.25, 0.3) is 0 Å². The summed E-state index contributed by atoms with van der Waals surface area (Å²) in [6, 6.07) is 4.68. The van der Waals surface area contributed by atoms with Crippen LogP contribution in [-0.4, -0.2) is 44.2 Å². The van der Waals surface area contributed by atoms with Crippen LogP contribution in [0.4, 0.5) is 4.39 Å². The van der Waals surface area contributed by atoms with Crippen LogP contribution >= 0.6 is 15.9 Å². The second-order valence-corrected chi connectivity index (χ2v) is 5.06. The quantitative estimate of drug-likeness (QED) is 0.704. The molecule has 0 aromatic heterocycles. The average molecular weight is 333 g/mol. The molecular weight excluding hydrogens is 311 g/mol. The van der Waals surface area contributed by atoms with Gasteiger partial charge in [0.15, 0.2) is 0 Å². The zero-order valence-electron chi connectivity index (χ0n) is 11.6. The van der Waals surface area contributed by atoms with E-state index in [9.17, 15) is 4.39 Å². The first-order valence-electron chi connectivity index (χ1n) is 6.68. The summed E-state index contributed by atoms with van der Waals surface area (Å²) in [6.07, 6.45) is 0. The number of rotatable bonds is 9. The summed E-state index contributed by atoms with van der Waals surface area (Å²) in [5, 5.41) is 3.33. The van der Waals surface area contributed by atoms with E-state index in [1.54, 1.807) is 12.1 Å². The van der Waals surface area contributed by atoms with Gasteiger partial charge in [-0.05, 0) is 47.2 Å². The highest BCUT2D eigenvalue weighted by Gasteiger charge is 2.01. The maximum Gasteiger partial charge on any atom is 0.137 e. The van der Waals surface area contributed by atoms with Crippen LogP contribution in [0.1, 0.15) is 13.8 Å². The molecule has 3 nitrogen and oxygen atoms in total. The first-order valence-corrected chi connectivity index (χ1v) is 7.47. The van der Waals surface area contributed by atoms with E-state index in [1.165, 1.54) is 6.07 Å². The van der Waals surface area contributed by atoms with Crippen molar-refractivity contribution in [2.75, 3.05) is 39.3 Å². The van der Waals surface area contributed by atoms with E-state index in [4.69, 9.17) is 4.74 Å². The van der Waals surface area contributed by atoms with Crippen LogP contribution in [0.5, 0.6) is 5.75 Å². The van der Waals surface area contributed by atoms with Gasteiger partial charge in [-0.2, -0.15) is 0 Å². The number of ether oxygens (including phenoxy) is 1. The van der Waals surface area contributed by atoms with Gasteiger partial charge in [-0.15, -0.1) is 0 Å². The van der Waals surface area contributed by atoms with Gasteiger partial charge < -0.3 is 15.0 Å². The van der Waals surface area contributed by atoms with E-state index < -0.39 is 0 Å². The normalized spacial score (nSPS) is 11.0. The van der Waals surface area contributed by atoms with Crippen LogP contribution in [0.3, 0.4) is 0 Å². The SMILES string of the molecule is CCN(CC)CCNCCOc1ccc(F)c(Br)c1. The van der Waals surface area contributed by atoms with Gasteiger partial charge in [-0.25, -0.2) is 4.39 Å². The minimum absolute atomic E-state index is 0.273. The third-order valence-corrected chi connectivity index (χ3v) is 3.55. The molecule has 108 valence electrons. The molecule has 1 N–H and O–H groups in total. The lowest BCUT2D eigenvalue weighted by molar-refractivity contribution is 0.285. The molecule has 0 aliphatic heterocycles. The minimum Gasteiger partial charge on any atom is -0.492 e. The van der Waals surface area contributed by atoms with Crippen molar-refractivity contribution >= 4 is 15.9 Å². The molecule has 0 aliphatic carbocycles. The number of nitrogens with zero attached hydrogens (tertiary/aromatic N) is 1. The van der Waals surface area contributed by atoms with E-state index >= 15 is 0 Å². The van der Waals surface area contributed by atoms with Crippen molar-refractivity contribution < 1.29 is 9.13 Å². The third-order valence-electron chi connectivity index (χ3n) is 2.94. The summed E-state index contributed by atoms with van der Waals surface area (Å²) in [6.45, 7) is 9.87. The van der Waals surface area contributed by atoms with Crippen LogP contribution < -0.4 is 10.1 Å². The van der Waals surface area contributed by atoms with E-state index in [2.05, 4.69) is 40.0 Å². The van der Waals surface area contributed by atoms with Gasteiger partial charge in [0.1, 0.15) is 18.2 Å². The van der Waals surface area contributed by atoms with Gasteiger partial charge >= 0.3 is 0 Å². The molecule has 5 heteroatoms. The predicted octanol–water partition coefficient (Wildman–Crippen LogP) is 2.90. The Morgan fingerprint density at radius 2 is 2.00 bits per heavy atom. The summed E-state index contributed by atoms with van der Waals surface area (Å²) in [7, 11) is 0.